The summed E-state index contributed by atoms with van der Waals surface area (Å²) in [5.41, 5.74) is 3.02. The van der Waals surface area contributed by atoms with E-state index in [0.717, 1.165) is 0 Å². The average Bonchev–Trinajstić information content (AvgIpc) is 2.70. The van der Waals surface area contributed by atoms with Crippen LogP contribution in [0.5, 0.6) is 0 Å². The van der Waals surface area contributed by atoms with Crippen LogP contribution in [0.2, 0.25) is 0 Å². The van der Waals surface area contributed by atoms with Crippen LogP contribution in [0.4, 0.5) is 0 Å². The van der Waals surface area contributed by atoms with Crippen molar-refractivity contribution >= 4 is 29.1 Å². The van der Waals surface area contributed by atoms with Gasteiger partial charge in [-0.1, -0.05) is 18.2 Å². The molecule has 2 rings (SSSR count). The van der Waals surface area contributed by atoms with Gasteiger partial charge in [0.2, 0.25) is 5.91 Å². The van der Waals surface area contributed by atoms with E-state index in [2.05, 4.69) is 10.7 Å². The summed E-state index contributed by atoms with van der Waals surface area (Å²) in [5, 5.41) is 5.66. The molecule has 0 radical (unpaired) electrons. The predicted octanol–water partition coefficient (Wildman–Crippen LogP) is 0.243. The molecule has 94 valence electrons. The molecule has 0 atom stereocenters. The van der Waals surface area contributed by atoms with E-state index in [1.54, 1.807) is 24.3 Å². The summed E-state index contributed by atoms with van der Waals surface area (Å²) in [6.45, 7) is 1.63. The van der Waals surface area contributed by atoms with E-state index >= 15 is 0 Å². The number of nitrogens with one attached hydrogen (secondary N) is 2. The molecule has 0 bridgehead atoms. The van der Waals surface area contributed by atoms with Gasteiger partial charge in [0.15, 0.2) is 5.11 Å². The Morgan fingerprint density at radius 3 is 2.61 bits per heavy atom. The monoisotopic (exact) mass is 264 g/mol. The van der Waals surface area contributed by atoms with Crippen LogP contribution in [0.1, 0.15) is 17.3 Å². The van der Waals surface area contributed by atoms with Gasteiger partial charge in [-0.05, 0) is 24.4 Å². The van der Waals surface area contributed by atoms with Crippen molar-refractivity contribution < 1.29 is 9.59 Å². The first kappa shape index (κ1) is 12.5. The summed E-state index contributed by atoms with van der Waals surface area (Å²) >= 11 is 5.05. The molecule has 1 fully saturated rings. The van der Waals surface area contributed by atoms with Crippen molar-refractivity contribution in [2.75, 3.05) is 6.67 Å². The lowest BCUT2D eigenvalue weighted by molar-refractivity contribution is -0.127. The Morgan fingerprint density at radius 1 is 1.33 bits per heavy atom. The lowest BCUT2D eigenvalue weighted by Gasteiger charge is -2.25. The summed E-state index contributed by atoms with van der Waals surface area (Å²) < 4.78 is 0. The van der Waals surface area contributed by atoms with Gasteiger partial charge in [-0.15, -0.1) is 5.12 Å². The largest absolute Gasteiger partial charge is 0.345 e. The highest BCUT2D eigenvalue weighted by Gasteiger charge is 2.32. The SMILES string of the molecule is CC(=O)NN1CNC(=S)N1C(=O)c1ccccc1. The first-order valence-corrected chi connectivity index (χ1v) is 5.72. The highest BCUT2D eigenvalue weighted by atomic mass is 32.1. The summed E-state index contributed by atoms with van der Waals surface area (Å²) in [6, 6.07) is 8.73. The number of hydrogen-bond donors (Lipinski definition) is 2. The van der Waals surface area contributed by atoms with Crippen LogP contribution < -0.4 is 10.7 Å². The maximum Gasteiger partial charge on any atom is 0.276 e. The molecule has 1 saturated heterocycles. The number of carbonyl (C=O) groups excluding carboxylic acids is 2. The van der Waals surface area contributed by atoms with Gasteiger partial charge in [0.05, 0.1) is 0 Å². The molecule has 6 nitrogen and oxygen atoms in total. The van der Waals surface area contributed by atoms with Gasteiger partial charge in [-0.3, -0.25) is 15.0 Å². The minimum absolute atomic E-state index is 0.261. The Hall–Kier alpha value is -1.99. The van der Waals surface area contributed by atoms with Crippen molar-refractivity contribution in [3.05, 3.63) is 35.9 Å². The van der Waals surface area contributed by atoms with Crippen LogP contribution in [-0.4, -0.2) is 33.7 Å². The molecule has 1 aromatic carbocycles. The van der Waals surface area contributed by atoms with E-state index in [1.807, 2.05) is 6.07 Å². The molecule has 1 heterocycles. The van der Waals surface area contributed by atoms with E-state index in [4.69, 9.17) is 12.2 Å². The molecule has 1 aromatic rings. The van der Waals surface area contributed by atoms with Crippen molar-refractivity contribution in [2.24, 2.45) is 0 Å². The van der Waals surface area contributed by atoms with Gasteiger partial charge in [0.1, 0.15) is 6.67 Å². The molecule has 0 aromatic heterocycles. The van der Waals surface area contributed by atoms with Crippen molar-refractivity contribution in [1.29, 1.82) is 0 Å². The minimum atomic E-state index is -0.292. The fourth-order valence-electron chi connectivity index (χ4n) is 1.57. The lowest BCUT2D eigenvalue weighted by Crippen LogP contribution is -2.51. The molecule has 1 aliphatic rings. The Labute approximate surface area is 109 Å². The second-order valence-electron chi connectivity index (χ2n) is 3.69. The van der Waals surface area contributed by atoms with Gasteiger partial charge in [0.25, 0.3) is 5.91 Å². The first-order chi connectivity index (χ1) is 8.59. The summed E-state index contributed by atoms with van der Waals surface area (Å²) in [7, 11) is 0. The number of thiocarbonyl (C=S) groups is 1. The average molecular weight is 264 g/mol. The number of hydrazine groups is 2. The Morgan fingerprint density at radius 2 is 2.00 bits per heavy atom. The summed E-state index contributed by atoms with van der Waals surface area (Å²) in [5.74, 6) is -0.563. The third-order valence-electron chi connectivity index (χ3n) is 2.31. The van der Waals surface area contributed by atoms with E-state index in [0.29, 0.717) is 5.56 Å². The highest BCUT2D eigenvalue weighted by molar-refractivity contribution is 7.80. The Kier molecular flexibility index (Phi) is 3.54. The maximum absolute atomic E-state index is 12.3. The van der Waals surface area contributed by atoms with Crippen LogP contribution in [0.3, 0.4) is 0 Å². The first-order valence-electron chi connectivity index (χ1n) is 5.31. The zero-order valence-electron chi connectivity index (χ0n) is 9.71. The van der Waals surface area contributed by atoms with Crippen LogP contribution in [0.25, 0.3) is 0 Å². The Bertz CT molecular complexity index is 491. The van der Waals surface area contributed by atoms with Gasteiger partial charge < -0.3 is 5.32 Å². The van der Waals surface area contributed by atoms with Gasteiger partial charge >= 0.3 is 0 Å². The number of amides is 2. The second-order valence-corrected chi connectivity index (χ2v) is 4.08. The summed E-state index contributed by atoms with van der Waals surface area (Å²) in [4.78, 5) is 23.3. The van der Waals surface area contributed by atoms with E-state index < -0.39 is 0 Å². The number of nitrogens with zero attached hydrogens (tertiary/aromatic N) is 2. The number of carbonyl (C=O) groups is 2. The van der Waals surface area contributed by atoms with E-state index in [-0.39, 0.29) is 23.6 Å². The third kappa shape index (κ3) is 2.47. The normalized spacial score (nSPS) is 15.4. The van der Waals surface area contributed by atoms with Crippen molar-refractivity contribution in [3.63, 3.8) is 0 Å². The maximum atomic E-state index is 12.3. The highest BCUT2D eigenvalue weighted by Crippen LogP contribution is 2.10. The third-order valence-corrected chi connectivity index (χ3v) is 2.63. The van der Waals surface area contributed by atoms with Crippen LogP contribution in [0, 0.1) is 0 Å². The molecule has 18 heavy (non-hydrogen) atoms. The number of benzene rings is 1. The van der Waals surface area contributed by atoms with Crippen LogP contribution in [0.15, 0.2) is 30.3 Å². The molecular weight excluding hydrogens is 252 g/mol. The molecule has 7 heteroatoms. The Balaban J connectivity index is 2.21. The minimum Gasteiger partial charge on any atom is -0.345 e. The standard InChI is InChI=1S/C11H12N4O2S/c1-8(16)13-14-7-12-11(18)15(14)10(17)9-5-3-2-4-6-9/h2-6H,7H2,1H3,(H,12,18)(H,13,16). The molecule has 2 amide bonds. The predicted molar refractivity (Wildman–Crippen MR) is 68.9 cm³/mol. The second kappa shape index (κ2) is 5.11. The van der Waals surface area contributed by atoms with Crippen LogP contribution in [-0.2, 0) is 4.79 Å². The molecular formula is C11H12N4O2S. The molecule has 0 spiro atoms. The van der Waals surface area contributed by atoms with Gasteiger partial charge in [0, 0.05) is 12.5 Å². The summed E-state index contributed by atoms with van der Waals surface area (Å²) in [6.07, 6.45) is 0. The van der Waals surface area contributed by atoms with Crippen molar-refractivity contribution in [2.45, 2.75) is 6.92 Å². The fourth-order valence-corrected chi connectivity index (χ4v) is 1.82. The quantitative estimate of drug-likeness (QED) is 0.749. The zero-order valence-corrected chi connectivity index (χ0v) is 10.5. The van der Waals surface area contributed by atoms with Crippen molar-refractivity contribution in [3.8, 4) is 0 Å². The van der Waals surface area contributed by atoms with E-state index in [9.17, 15) is 9.59 Å². The topological polar surface area (TPSA) is 64.7 Å². The zero-order chi connectivity index (χ0) is 13.1. The molecule has 2 N–H and O–H groups in total. The molecule has 0 unspecified atom stereocenters. The van der Waals surface area contributed by atoms with Crippen LogP contribution >= 0.6 is 12.2 Å². The number of hydrogen-bond acceptors (Lipinski definition) is 4. The number of rotatable bonds is 2. The van der Waals surface area contributed by atoms with Gasteiger partial charge in [-0.25, -0.2) is 0 Å². The van der Waals surface area contributed by atoms with Gasteiger partial charge in [-0.2, -0.15) is 5.01 Å². The fraction of sp³-hybridized carbons (Fsp3) is 0.182. The lowest BCUT2D eigenvalue weighted by atomic mass is 10.2. The van der Waals surface area contributed by atoms with Crippen molar-refractivity contribution in [1.82, 2.24) is 20.9 Å². The molecule has 1 aliphatic heterocycles. The molecule has 0 aliphatic carbocycles. The smallest absolute Gasteiger partial charge is 0.276 e. The van der Waals surface area contributed by atoms with E-state index in [1.165, 1.54) is 17.1 Å². The molecule has 0 saturated carbocycles.